The highest BCUT2D eigenvalue weighted by molar-refractivity contribution is 6.28. The molecule has 21 heteroatoms. The maximum absolute atomic E-state index is 13.4. The van der Waals surface area contributed by atoms with Gasteiger partial charge in [0.25, 0.3) is 11.8 Å². The van der Waals surface area contributed by atoms with Crippen molar-refractivity contribution in [1.29, 1.82) is 0 Å². The molecule has 49 heavy (non-hydrogen) atoms. The van der Waals surface area contributed by atoms with Crippen molar-refractivity contribution in [2.24, 2.45) is 4.99 Å². The summed E-state index contributed by atoms with van der Waals surface area (Å²) < 4.78 is 0. The molecule has 21 nitrogen and oxygen atoms in total. The number of aliphatic imine (C=N–C) groups is 1. The molecule has 2 rings (SSSR count). The lowest BCUT2D eigenvalue weighted by atomic mass is 10.1. The van der Waals surface area contributed by atoms with Crippen molar-refractivity contribution in [3.05, 3.63) is 0 Å². The number of carbonyl (C=O) groups excluding carboxylic acids is 7. The lowest BCUT2D eigenvalue weighted by molar-refractivity contribution is -0.146. The Morgan fingerprint density at radius 3 is 2.02 bits per heavy atom. The number of fused-ring (bicyclic) bond motifs is 1. The van der Waals surface area contributed by atoms with Gasteiger partial charge in [0.05, 0.1) is 18.7 Å². The molecule has 0 aromatic heterocycles. The molecule has 0 radical (unpaired) electrons. The molecule has 0 unspecified atom stereocenters. The predicted molar refractivity (Wildman–Crippen MR) is 161 cm³/mol. The zero-order valence-electron chi connectivity index (χ0n) is 26.4. The van der Waals surface area contributed by atoms with Crippen molar-refractivity contribution < 1.29 is 68.4 Å². The molecule has 9 N–H and O–H groups in total. The summed E-state index contributed by atoms with van der Waals surface area (Å²) in [4.78, 5) is 129. The number of aliphatic carboxylic acids is 3. The van der Waals surface area contributed by atoms with Crippen LogP contribution in [0.5, 0.6) is 0 Å². The first-order valence-corrected chi connectivity index (χ1v) is 15.2. The van der Waals surface area contributed by atoms with Crippen molar-refractivity contribution in [3.63, 3.8) is 0 Å². The Bertz CT molecular complexity index is 1370. The minimum atomic E-state index is -1.81. The normalized spacial score (nSPS) is 25.7. The second-order valence-electron chi connectivity index (χ2n) is 11.3. The molecule has 2 heterocycles. The molecular weight excluding hydrogens is 658 g/mol. The summed E-state index contributed by atoms with van der Waals surface area (Å²) in [6, 6.07) is -7.85. The Kier molecular flexibility index (Phi) is 15.2. The Morgan fingerprint density at radius 2 is 1.45 bits per heavy atom. The molecule has 1 saturated heterocycles. The van der Waals surface area contributed by atoms with Gasteiger partial charge in [-0.1, -0.05) is 0 Å². The molecule has 6 atom stereocenters. The maximum atomic E-state index is 13.4. The van der Waals surface area contributed by atoms with E-state index >= 15 is 0 Å². The van der Waals surface area contributed by atoms with E-state index in [0.717, 1.165) is 11.8 Å². The van der Waals surface area contributed by atoms with Crippen LogP contribution in [0.2, 0.25) is 0 Å². The van der Waals surface area contributed by atoms with Crippen LogP contribution in [0.4, 0.5) is 0 Å². The van der Waals surface area contributed by atoms with E-state index in [-0.39, 0.29) is 19.4 Å². The number of aliphatic hydroxyl groups excluding tert-OH is 1. The molecule has 0 aliphatic carbocycles. The number of carboxylic acid groups (broad SMARTS) is 3. The standard InChI is InChI=1S/C28H39N7O14/c1-13(36)23-27(48)30-12-19(38)31-14(4-6-20(39)40)24(45)29-9-8-18(37)32-16(11-22(43)44)28(49)35-10-2-3-17(35)26(47)33-15(25(46)34-23)5-7-21(41)42/h12-17,23,36H,2-11H2,1H3,(H,29,45)(H,31,38)(H,32,37)(H,33,47)(H,34,46)(H,39,40)(H,41,42)(H,43,44)/t13-,14+,15+,16+,17+,23+/m1/s1. The number of aliphatic hydroxyl groups is 1. The largest absolute Gasteiger partial charge is 0.481 e. The molecule has 2 aliphatic heterocycles. The van der Waals surface area contributed by atoms with Crippen LogP contribution < -0.4 is 26.6 Å². The highest BCUT2D eigenvalue weighted by Crippen LogP contribution is 2.20. The average molecular weight is 698 g/mol. The summed E-state index contributed by atoms with van der Waals surface area (Å²) in [5, 5.41) is 49.0. The smallest absolute Gasteiger partial charge is 0.305 e. The van der Waals surface area contributed by atoms with Gasteiger partial charge < -0.3 is 51.9 Å². The van der Waals surface area contributed by atoms with Gasteiger partial charge in [0, 0.05) is 32.4 Å². The fraction of sp³-hybridized carbons (Fsp3) is 0.607. The van der Waals surface area contributed by atoms with Gasteiger partial charge in [-0.15, -0.1) is 0 Å². The molecule has 1 fully saturated rings. The van der Waals surface area contributed by atoms with E-state index in [4.69, 9.17) is 5.11 Å². The lowest BCUT2D eigenvalue weighted by Crippen LogP contribution is -2.58. The third-order valence-electron chi connectivity index (χ3n) is 7.42. The minimum absolute atomic E-state index is 0.0367. The van der Waals surface area contributed by atoms with Gasteiger partial charge in [0.15, 0.2) is 0 Å². The van der Waals surface area contributed by atoms with Gasteiger partial charge in [-0.2, -0.15) is 0 Å². The van der Waals surface area contributed by atoms with Crippen LogP contribution in [0.3, 0.4) is 0 Å². The van der Waals surface area contributed by atoms with Gasteiger partial charge in [0.1, 0.15) is 30.2 Å². The second-order valence-corrected chi connectivity index (χ2v) is 11.3. The lowest BCUT2D eigenvalue weighted by Gasteiger charge is -2.30. The van der Waals surface area contributed by atoms with Crippen LogP contribution in [0.15, 0.2) is 4.99 Å². The van der Waals surface area contributed by atoms with E-state index in [9.17, 15) is 63.3 Å². The molecule has 0 aromatic rings. The number of nitrogens with zero attached hydrogens (tertiary/aromatic N) is 2. The summed E-state index contributed by atoms with van der Waals surface area (Å²) in [5.41, 5.74) is 0. The van der Waals surface area contributed by atoms with E-state index in [1.54, 1.807) is 0 Å². The molecule has 0 aromatic carbocycles. The first kappa shape index (κ1) is 39.7. The predicted octanol–water partition coefficient (Wildman–Crippen LogP) is -4.38. The van der Waals surface area contributed by atoms with E-state index < -0.39 is 141 Å². The molecule has 2 aliphatic rings. The zero-order chi connectivity index (χ0) is 36.8. The number of carboxylic acids is 3. The Morgan fingerprint density at radius 1 is 0.837 bits per heavy atom. The molecular formula is C28H39N7O14. The van der Waals surface area contributed by atoms with Gasteiger partial charge in [-0.3, -0.25) is 47.9 Å². The van der Waals surface area contributed by atoms with Crippen molar-refractivity contribution in [2.75, 3.05) is 13.1 Å². The van der Waals surface area contributed by atoms with Crippen molar-refractivity contribution in [3.8, 4) is 0 Å². The number of amides is 7. The zero-order valence-corrected chi connectivity index (χ0v) is 26.4. The first-order valence-electron chi connectivity index (χ1n) is 15.2. The highest BCUT2D eigenvalue weighted by atomic mass is 16.4. The summed E-state index contributed by atoms with van der Waals surface area (Å²) in [6.07, 6.45) is -4.41. The Labute approximate surface area is 278 Å². The molecule has 0 spiro atoms. The SMILES string of the molecule is C[C@@H](O)[C@@H]1NC(=O)[C@H](CCC(=O)O)NC(=O)[C@@H]2CCCN2C(=O)[C@H](CC(=O)O)NC(=O)CCNC(=O)[C@H](CCC(=O)O)NC(=O)C=NC1=O. The monoisotopic (exact) mass is 697 g/mol. The van der Waals surface area contributed by atoms with Gasteiger partial charge in [0.2, 0.25) is 29.5 Å². The van der Waals surface area contributed by atoms with Crippen molar-refractivity contribution in [2.45, 2.75) is 94.6 Å². The highest BCUT2D eigenvalue weighted by Gasteiger charge is 2.40. The fourth-order valence-electron chi connectivity index (χ4n) is 4.96. The topological polar surface area (TPSA) is 327 Å². The average Bonchev–Trinajstić information content (AvgIpc) is 3.51. The first-order chi connectivity index (χ1) is 23.0. The van der Waals surface area contributed by atoms with Gasteiger partial charge >= 0.3 is 17.9 Å². The van der Waals surface area contributed by atoms with E-state index in [2.05, 4.69) is 31.6 Å². The number of nitrogens with one attached hydrogen (secondary N) is 5. The van der Waals surface area contributed by atoms with Crippen LogP contribution in [0.25, 0.3) is 0 Å². The van der Waals surface area contributed by atoms with E-state index in [1.165, 1.54) is 0 Å². The maximum Gasteiger partial charge on any atom is 0.305 e. The molecule has 7 amide bonds. The van der Waals surface area contributed by atoms with Crippen LogP contribution in [0.1, 0.15) is 58.3 Å². The van der Waals surface area contributed by atoms with Crippen LogP contribution in [-0.2, 0) is 47.9 Å². The Balaban J connectivity index is 2.49. The van der Waals surface area contributed by atoms with Crippen LogP contribution in [-0.4, -0.2) is 140 Å². The quantitative estimate of drug-likeness (QED) is 0.110. The summed E-state index contributed by atoms with van der Waals surface area (Å²) in [5.74, 6) is -11.4. The van der Waals surface area contributed by atoms with Crippen LogP contribution >= 0.6 is 0 Å². The van der Waals surface area contributed by atoms with E-state index in [0.29, 0.717) is 6.21 Å². The van der Waals surface area contributed by atoms with E-state index in [1.807, 2.05) is 0 Å². The minimum Gasteiger partial charge on any atom is -0.481 e. The van der Waals surface area contributed by atoms with Crippen molar-refractivity contribution >= 4 is 65.5 Å². The molecule has 270 valence electrons. The van der Waals surface area contributed by atoms with Crippen LogP contribution in [0, 0.1) is 0 Å². The number of hydrogen-bond acceptors (Lipinski definition) is 11. The number of carbonyl (C=O) groups is 10. The molecule has 0 bridgehead atoms. The summed E-state index contributed by atoms with van der Waals surface area (Å²) in [7, 11) is 0. The summed E-state index contributed by atoms with van der Waals surface area (Å²) >= 11 is 0. The van der Waals surface area contributed by atoms with Gasteiger partial charge in [-0.05, 0) is 32.6 Å². The Hall–Kier alpha value is -5.47. The van der Waals surface area contributed by atoms with Gasteiger partial charge in [-0.25, -0.2) is 4.99 Å². The second kappa shape index (κ2) is 18.8. The third kappa shape index (κ3) is 12.9. The fourth-order valence-corrected chi connectivity index (χ4v) is 4.96. The van der Waals surface area contributed by atoms with Crippen molar-refractivity contribution in [1.82, 2.24) is 31.5 Å². The number of hydrogen-bond donors (Lipinski definition) is 9. The third-order valence-corrected chi connectivity index (χ3v) is 7.42. The molecule has 0 saturated carbocycles. The summed E-state index contributed by atoms with van der Waals surface area (Å²) in [6.45, 7) is 0.659. The number of rotatable bonds is 9.